The number of fused-ring (bicyclic) bond motifs is 1. The van der Waals surface area contributed by atoms with Crippen molar-refractivity contribution in [2.24, 2.45) is 5.92 Å². The standard InChI is InChI=1S/C24H34N4O2/c1-3-22(29)18-6-8-20(9-7-18)28-14-19(15-28)27-23(30)13-26-24-21-12-16(2)4-5-17(21)10-11-25-24/h4-5,10-12,18-20,22,29H,3,6-9,13-15H2,1-2H3,(H,25,26)(H,27,30)/t18-,20+,22?. The number of nitrogens with one attached hydrogen (secondary N) is 2. The Morgan fingerprint density at radius 1 is 1.23 bits per heavy atom. The molecule has 2 aliphatic rings. The fraction of sp³-hybridized carbons (Fsp3) is 0.583. The third-order valence-corrected chi connectivity index (χ3v) is 6.83. The van der Waals surface area contributed by atoms with Crippen molar-refractivity contribution in [2.75, 3.05) is 25.0 Å². The van der Waals surface area contributed by atoms with Gasteiger partial charge in [-0.25, -0.2) is 4.98 Å². The second kappa shape index (κ2) is 9.31. The number of aromatic nitrogens is 1. The maximum Gasteiger partial charge on any atom is 0.239 e. The Morgan fingerprint density at radius 3 is 2.73 bits per heavy atom. The molecule has 2 aromatic rings. The zero-order valence-electron chi connectivity index (χ0n) is 18.1. The molecule has 1 aliphatic carbocycles. The number of amides is 1. The van der Waals surface area contributed by atoms with E-state index in [1.54, 1.807) is 6.20 Å². The minimum atomic E-state index is -0.137. The van der Waals surface area contributed by atoms with Crippen LogP contribution in [0.5, 0.6) is 0 Å². The zero-order chi connectivity index (χ0) is 21.1. The maximum atomic E-state index is 12.4. The average molecular weight is 411 g/mol. The Hall–Kier alpha value is -2.18. The molecule has 2 fully saturated rings. The minimum Gasteiger partial charge on any atom is -0.393 e. The number of aliphatic hydroxyl groups excluding tert-OH is 1. The molecule has 2 heterocycles. The first-order chi connectivity index (χ1) is 14.5. The summed E-state index contributed by atoms with van der Waals surface area (Å²) in [5.41, 5.74) is 1.18. The molecule has 1 saturated carbocycles. The largest absolute Gasteiger partial charge is 0.393 e. The van der Waals surface area contributed by atoms with Crippen molar-refractivity contribution in [3.05, 3.63) is 36.0 Å². The molecule has 0 bridgehead atoms. The van der Waals surface area contributed by atoms with Gasteiger partial charge >= 0.3 is 0 Å². The van der Waals surface area contributed by atoms with Crippen molar-refractivity contribution in [3.63, 3.8) is 0 Å². The molecule has 162 valence electrons. The molecule has 0 spiro atoms. The summed E-state index contributed by atoms with van der Waals surface area (Å²) in [6.07, 6.45) is 7.06. The van der Waals surface area contributed by atoms with Gasteiger partial charge < -0.3 is 15.7 Å². The molecule has 6 nitrogen and oxygen atoms in total. The van der Waals surface area contributed by atoms with Crippen LogP contribution in [0, 0.1) is 12.8 Å². The summed E-state index contributed by atoms with van der Waals surface area (Å²) in [6, 6.07) is 9.09. The third kappa shape index (κ3) is 4.76. The number of pyridine rings is 1. The number of rotatable bonds is 7. The van der Waals surface area contributed by atoms with Gasteiger partial charge in [-0.3, -0.25) is 9.69 Å². The summed E-state index contributed by atoms with van der Waals surface area (Å²) in [5.74, 6) is 1.24. The Balaban J connectivity index is 1.20. The van der Waals surface area contributed by atoms with Gasteiger partial charge in [0.2, 0.25) is 5.91 Å². The van der Waals surface area contributed by atoms with Gasteiger partial charge in [-0.1, -0.05) is 24.6 Å². The first kappa shape index (κ1) is 21.1. The Kier molecular flexibility index (Phi) is 6.54. The number of carbonyl (C=O) groups excluding carboxylic acids is 1. The van der Waals surface area contributed by atoms with Crippen LogP contribution >= 0.6 is 0 Å². The van der Waals surface area contributed by atoms with Gasteiger partial charge in [0.15, 0.2) is 0 Å². The van der Waals surface area contributed by atoms with Crippen LogP contribution < -0.4 is 10.6 Å². The molecule has 1 aromatic heterocycles. The lowest BCUT2D eigenvalue weighted by Gasteiger charge is -2.47. The minimum absolute atomic E-state index is 0.0147. The highest BCUT2D eigenvalue weighted by atomic mass is 16.3. The van der Waals surface area contributed by atoms with Crippen LogP contribution in [-0.2, 0) is 4.79 Å². The highest BCUT2D eigenvalue weighted by molar-refractivity contribution is 5.93. The molecule has 1 atom stereocenters. The van der Waals surface area contributed by atoms with Crippen LogP contribution in [0.1, 0.15) is 44.6 Å². The monoisotopic (exact) mass is 410 g/mol. The number of nitrogens with zero attached hydrogens (tertiary/aromatic N) is 2. The zero-order valence-corrected chi connectivity index (χ0v) is 18.1. The van der Waals surface area contributed by atoms with E-state index >= 15 is 0 Å². The summed E-state index contributed by atoms with van der Waals surface area (Å²) < 4.78 is 0. The predicted molar refractivity (Wildman–Crippen MR) is 121 cm³/mol. The molecule has 0 radical (unpaired) electrons. The van der Waals surface area contributed by atoms with Crippen molar-refractivity contribution >= 4 is 22.5 Å². The van der Waals surface area contributed by atoms with E-state index in [9.17, 15) is 9.90 Å². The first-order valence-electron chi connectivity index (χ1n) is 11.3. The van der Waals surface area contributed by atoms with Crippen LogP contribution in [0.3, 0.4) is 0 Å². The fourth-order valence-corrected chi connectivity index (χ4v) is 4.95. The van der Waals surface area contributed by atoms with Gasteiger partial charge in [-0.15, -0.1) is 0 Å². The van der Waals surface area contributed by atoms with Crippen molar-refractivity contribution in [1.29, 1.82) is 0 Å². The number of aryl methyl sites for hydroxylation is 1. The van der Waals surface area contributed by atoms with E-state index in [1.807, 2.05) is 6.07 Å². The van der Waals surface area contributed by atoms with E-state index in [1.165, 1.54) is 5.56 Å². The van der Waals surface area contributed by atoms with Crippen LogP contribution in [0.4, 0.5) is 5.82 Å². The molecule has 1 aromatic carbocycles. The lowest BCUT2D eigenvalue weighted by atomic mass is 9.80. The summed E-state index contributed by atoms with van der Waals surface area (Å²) in [7, 11) is 0. The number of hydrogen-bond donors (Lipinski definition) is 3. The summed E-state index contributed by atoms with van der Waals surface area (Å²) >= 11 is 0. The van der Waals surface area contributed by atoms with Gasteiger partial charge in [0.1, 0.15) is 5.82 Å². The number of anilines is 1. The second-order valence-corrected chi connectivity index (χ2v) is 9.00. The average Bonchev–Trinajstić information content (AvgIpc) is 2.74. The van der Waals surface area contributed by atoms with Gasteiger partial charge in [-0.05, 0) is 62.5 Å². The van der Waals surface area contributed by atoms with E-state index < -0.39 is 0 Å². The summed E-state index contributed by atoms with van der Waals surface area (Å²) in [5, 5.41) is 18.6. The van der Waals surface area contributed by atoms with Crippen molar-refractivity contribution in [3.8, 4) is 0 Å². The predicted octanol–water partition coefficient (Wildman–Crippen LogP) is 3.09. The van der Waals surface area contributed by atoms with Crippen LogP contribution in [0.25, 0.3) is 10.8 Å². The van der Waals surface area contributed by atoms with Crippen molar-refractivity contribution in [2.45, 2.75) is 64.1 Å². The molecule has 30 heavy (non-hydrogen) atoms. The molecule has 1 saturated heterocycles. The lowest BCUT2D eigenvalue weighted by Crippen LogP contribution is -2.63. The number of aliphatic hydroxyl groups is 1. The summed E-state index contributed by atoms with van der Waals surface area (Å²) in [6.45, 7) is 6.22. The topological polar surface area (TPSA) is 77.5 Å². The number of hydrogen-bond acceptors (Lipinski definition) is 5. The number of likely N-dealkylation sites (tertiary alicyclic amines) is 1. The Bertz CT molecular complexity index is 873. The van der Waals surface area contributed by atoms with Gasteiger partial charge in [0, 0.05) is 30.7 Å². The molecule has 4 rings (SSSR count). The summed E-state index contributed by atoms with van der Waals surface area (Å²) in [4.78, 5) is 19.3. The molecular formula is C24H34N4O2. The fourth-order valence-electron chi connectivity index (χ4n) is 4.95. The van der Waals surface area contributed by atoms with Crippen molar-refractivity contribution < 1.29 is 9.90 Å². The highest BCUT2D eigenvalue weighted by Crippen LogP contribution is 2.32. The number of benzene rings is 1. The van der Waals surface area contributed by atoms with E-state index in [0.717, 1.165) is 61.8 Å². The Morgan fingerprint density at radius 2 is 2.00 bits per heavy atom. The normalized spacial score (nSPS) is 23.7. The second-order valence-electron chi connectivity index (χ2n) is 9.00. The molecule has 6 heteroatoms. The maximum absolute atomic E-state index is 12.4. The van der Waals surface area contributed by atoms with E-state index in [0.29, 0.717) is 12.0 Å². The van der Waals surface area contributed by atoms with Gasteiger partial charge in [-0.2, -0.15) is 0 Å². The smallest absolute Gasteiger partial charge is 0.239 e. The van der Waals surface area contributed by atoms with Crippen molar-refractivity contribution in [1.82, 2.24) is 15.2 Å². The third-order valence-electron chi connectivity index (χ3n) is 6.83. The van der Waals surface area contributed by atoms with E-state index in [2.05, 4.69) is 52.6 Å². The van der Waals surface area contributed by atoms with E-state index in [-0.39, 0.29) is 24.6 Å². The van der Waals surface area contributed by atoms with E-state index in [4.69, 9.17) is 0 Å². The number of carbonyl (C=O) groups is 1. The molecule has 1 aliphatic heterocycles. The van der Waals surface area contributed by atoms with Crippen LogP contribution in [-0.4, -0.2) is 58.7 Å². The molecule has 3 N–H and O–H groups in total. The SMILES string of the molecule is CCC(O)[C@H]1CC[C@@H](N2CC(NC(=O)CNc3nccc4ccc(C)cc34)C2)CC1. The van der Waals surface area contributed by atoms with Crippen LogP contribution in [0.15, 0.2) is 30.5 Å². The van der Waals surface area contributed by atoms with Gasteiger partial charge in [0.05, 0.1) is 18.7 Å². The Labute approximate surface area is 179 Å². The molecule has 1 amide bonds. The quantitative estimate of drug-likeness (QED) is 0.654. The highest BCUT2D eigenvalue weighted by Gasteiger charge is 2.36. The van der Waals surface area contributed by atoms with Gasteiger partial charge in [0.25, 0.3) is 0 Å². The van der Waals surface area contributed by atoms with Crippen LogP contribution in [0.2, 0.25) is 0 Å². The molecule has 1 unspecified atom stereocenters. The first-order valence-corrected chi connectivity index (χ1v) is 11.3. The molecular weight excluding hydrogens is 376 g/mol. The lowest BCUT2D eigenvalue weighted by molar-refractivity contribution is -0.121.